The van der Waals surface area contributed by atoms with Crippen LogP contribution in [0.1, 0.15) is 12.8 Å². The Bertz CT molecular complexity index is 110. The van der Waals surface area contributed by atoms with Gasteiger partial charge in [-0.2, -0.15) is 0 Å². The molecule has 10 heavy (non-hydrogen) atoms. The van der Waals surface area contributed by atoms with Crippen LogP contribution in [-0.2, 0) is 0 Å². The lowest BCUT2D eigenvalue weighted by molar-refractivity contribution is 0.0375. The van der Waals surface area contributed by atoms with Crippen molar-refractivity contribution in [3.8, 4) is 0 Å². The zero-order valence-corrected chi connectivity index (χ0v) is 5.56. The van der Waals surface area contributed by atoms with E-state index in [-0.39, 0.29) is 6.42 Å². The summed E-state index contributed by atoms with van der Waals surface area (Å²) >= 11 is 0. The maximum atomic E-state index is 11.9. The number of rotatable bonds is 1. The average molecular weight is 151 g/mol. The van der Waals surface area contributed by atoms with Gasteiger partial charge in [0.05, 0.1) is 12.1 Å². The summed E-state index contributed by atoms with van der Waals surface area (Å²) < 4.78 is 23.8. The van der Waals surface area contributed by atoms with Crippen molar-refractivity contribution in [1.29, 1.82) is 0 Å². The van der Waals surface area contributed by atoms with Crippen LogP contribution in [0.3, 0.4) is 0 Å². The molecule has 0 bridgehead atoms. The Morgan fingerprint density at radius 3 is 2.60 bits per heavy atom. The van der Waals surface area contributed by atoms with E-state index in [0.29, 0.717) is 13.0 Å². The number of aliphatic hydroxyl groups excluding tert-OH is 1. The molecule has 0 amide bonds. The summed E-state index contributed by atoms with van der Waals surface area (Å²) in [5.41, 5.74) is 0. The van der Waals surface area contributed by atoms with Gasteiger partial charge in [0.25, 0.3) is 6.43 Å². The third-order valence-corrected chi connectivity index (χ3v) is 1.71. The molecule has 0 saturated carbocycles. The van der Waals surface area contributed by atoms with Gasteiger partial charge in [-0.15, -0.1) is 0 Å². The molecule has 0 aliphatic carbocycles. The highest BCUT2D eigenvalue weighted by molar-refractivity contribution is 4.79. The van der Waals surface area contributed by atoms with E-state index in [2.05, 4.69) is 5.32 Å². The monoisotopic (exact) mass is 151 g/mol. The Labute approximate surface area is 58.2 Å². The lowest BCUT2D eigenvalue weighted by Crippen LogP contribution is -2.44. The predicted octanol–water partition coefficient (Wildman–Crippen LogP) is 0.364. The van der Waals surface area contributed by atoms with Crippen LogP contribution in [-0.4, -0.2) is 30.2 Å². The first-order chi connectivity index (χ1) is 4.70. The molecule has 4 heteroatoms. The fourth-order valence-corrected chi connectivity index (χ4v) is 1.12. The predicted molar refractivity (Wildman–Crippen MR) is 33.0 cm³/mol. The van der Waals surface area contributed by atoms with Gasteiger partial charge in [-0.25, -0.2) is 8.78 Å². The van der Waals surface area contributed by atoms with E-state index in [1.165, 1.54) is 0 Å². The highest BCUT2D eigenvalue weighted by Gasteiger charge is 2.26. The molecule has 2 atom stereocenters. The van der Waals surface area contributed by atoms with Crippen LogP contribution < -0.4 is 5.32 Å². The standard InChI is InChI=1S/C6H11F2NO/c7-6(8)5-3-4(10)1-2-9-5/h4-6,9-10H,1-3H2/t4-,5+/m1/s1. The molecule has 1 saturated heterocycles. The fraction of sp³-hybridized carbons (Fsp3) is 1.00. The van der Waals surface area contributed by atoms with Crippen LogP contribution in [0.2, 0.25) is 0 Å². The summed E-state index contributed by atoms with van der Waals surface area (Å²) in [6.07, 6.45) is -2.13. The Morgan fingerprint density at radius 2 is 2.20 bits per heavy atom. The molecule has 2 N–H and O–H groups in total. The van der Waals surface area contributed by atoms with Crippen molar-refractivity contribution < 1.29 is 13.9 Å². The Hall–Kier alpha value is -0.220. The third kappa shape index (κ3) is 1.88. The van der Waals surface area contributed by atoms with Gasteiger partial charge < -0.3 is 10.4 Å². The largest absolute Gasteiger partial charge is 0.393 e. The van der Waals surface area contributed by atoms with Crippen LogP contribution in [0.25, 0.3) is 0 Å². The quantitative estimate of drug-likeness (QED) is 0.567. The second-order valence-electron chi connectivity index (χ2n) is 2.57. The van der Waals surface area contributed by atoms with E-state index in [1.807, 2.05) is 0 Å². The Morgan fingerprint density at radius 1 is 1.50 bits per heavy atom. The second-order valence-corrected chi connectivity index (χ2v) is 2.57. The molecule has 1 heterocycles. The van der Waals surface area contributed by atoms with Gasteiger partial charge in [0.1, 0.15) is 0 Å². The highest BCUT2D eigenvalue weighted by atomic mass is 19.3. The van der Waals surface area contributed by atoms with Crippen molar-refractivity contribution in [2.75, 3.05) is 6.54 Å². The number of piperidine rings is 1. The zero-order valence-electron chi connectivity index (χ0n) is 5.56. The van der Waals surface area contributed by atoms with Crippen LogP contribution in [0, 0.1) is 0 Å². The van der Waals surface area contributed by atoms with Crippen molar-refractivity contribution >= 4 is 0 Å². The summed E-state index contributed by atoms with van der Waals surface area (Å²) in [7, 11) is 0. The summed E-state index contributed by atoms with van der Waals surface area (Å²) in [5, 5.41) is 11.6. The molecular formula is C6H11F2NO. The number of hydrogen-bond acceptors (Lipinski definition) is 2. The first kappa shape index (κ1) is 7.88. The van der Waals surface area contributed by atoms with Gasteiger partial charge in [-0.3, -0.25) is 0 Å². The van der Waals surface area contributed by atoms with Crippen molar-refractivity contribution in [2.24, 2.45) is 0 Å². The summed E-state index contributed by atoms with van der Waals surface area (Å²) in [4.78, 5) is 0. The number of aliphatic hydroxyl groups is 1. The molecule has 0 spiro atoms. The summed E-state index contributed by atoms with van der Waals surface area (Å²) in [6, 6.07) is -0.802. The molecular weight excluding hydrogens is 140 g/mol. The lowest BCUT2D eigenvalue weighted by atomic mass is 10.0. The van der Waals surface area contributed by atoms with E-state index in [1.54, 1.807) is 0 Å². The van der Waals surface area contributed by atoms with Gasteiger partial charge >= 0.3 is 0 Å². The first-order valence-corrected chi connectivity index (χ1v) is 3.39. The van der Waals surface area contributed by atoms with E-state index in [9.17, 15) is 8.78 Å². The van der Waals surface area contributed by atoms with Crippen molar-refractivity contribution in [3.05, 3.63) is 0 Å². The molecule has 0 unspecified atom stereocenters. The van der Waals surface area contributed by atoms with Crippen LogP contribution >= 0.6 is 0 Å². The molecule has 2 nitrogen and oxygen atoms in total. The molecule has 1 aliphatic heterocycles. The minimum atomic E-state index is -2.35. The van der Waals surface area contributed by atoms with Crippen molar-refractivity contribution in [1.82, 2.24) is 5.32 Å². The normalized spacial score (nSPS) is 34.8. The van der Waals surface area contributed by atoms with Crippen LogP contribution in [0.4, 0.5) is 8.78 Å². The van der Waals surface area contributed by atoms with E-state index < -0.39 is 18.6 Å². The van der Waals surface area contributed by atoms with Gasteiger partial charge in [-0.05, 0) is 19.4 Å². The van der Waals surface area contributed by atoms with Gasteiger partial charge in [-0.1, -0.05) is 0 Å². The maximum Gasteiger partial charge on any atom is 0.253 e. The number of halogens is 2. The third-order valence-electron chi connectivity index (χ3n) is 1.71. The van der Waals surface area contributed by atoms with Gasteiger partial charge in [0.15, 0.2) is 0 Å². The second kappa shape index (κ2) is 3.25. The molecule has 0 aromatic rings. The molecule has 0 radical (unpaired) electrons. The lowest BCUT2D eigenvalue weighted by Gasteiger charge is -2.26. The first-order valence-electron chi connectivity index (χ1n) is 3.39. The number of nitrogens with one attached hydrogen (secondary N) is 1. The van der Waals surface area contributed by atoms with Crippen molar-refractivity contribution in [3.63, 3.8) is 0 Å². The highest BCUT2D eigenvalue weighted by Crippen LogP contribution is 2.13. The Balaban J connectivity index is 2.32. The van der Waals surface area contributed by atoms with Gasteiger partial charge in [0, 0.05) is 0 Å². The summed E-state index contributed by atoms with van der Waals surface area (Å²) in [6.45, 7) is 0.496. The minimum Gasteiger partial charge on any atom is -0.393 e. The van der Waals surface area contributed by atoms with Crippen LogP contribution in [0.5, 0.6) is 0 Å². The fourth-order valence-electron chi connectivity index (χ4n) is 1.12. The van der Waals surface area contributed by atoms with Crippen molar-refractivity contribution in [2.45, 2.75) is 31.4 Å². The average Bonchev–Trinajstić information content (AvgIpc) is 1.88. The minimum absolute atomic E-state index is 0.178. The molecule has 1 aliphatic rings. The Kier molecular flexibility index (Phi) is 2.56. The molecule has 0 aromatic carbocycles. The van der Waals surface area contributed by atoms with E-state index in [0.717, 1.165) is 0 Å². The molecule has 1 fully saturated rings. The maximum absolute atomic E-state index is 11.9. The molecule has 1 rings (SSSR count). The number of alkyl halides is 2. The van der Waals surface area contributed by atoms with E-state index >= 15 is 0 Å². The SMILES string of the molecule is O[C@@H]1CCN[C@H](C(F)F)C1. The zero-order chi connectivity index (χ0) is 7.56. The van der Waals surface area contributed by atoms with E-state index in [4.69, 9.17) is 5.11 Å². The summed E-state index contributed by atoms with van der Waals surface area (Å²) in [5.74, 6) is 0. The molecule has 60 valence electrons. The smallest absolute Gasteiger partial charge is 0.253 e. The number of hydrogen-bond donors (Lipinski definition) is 2. The molecule has 0 aromatic heterocycles. The van der Waals surface area contributed by atoms with Crippen LogP contribution in [0.15, 0.2) is 0 Å². The topological polar surface area (TPSA) is 32.3 Å². The van der Waals surface area contributed by atoms with Gasteiger partial charge in [0.2, 0.25) is 0 Å².